The standard InChI is InChI=1S/C29H35N3O2/c1-30-27(33)18-24-22-9-2-3-11-26(22)32(29(24)34)21-14-16-31(17-15-21)25-13-12-20-7-4-6-19-8-5-10-23(25)28(19)20/h2-3,5,8-11,20-21,24-25H,4,6-7,12-18H2,1H3,(H,30,33). The minimum absolute atomic E-state index is 0.0772. The number of carbonyl (C=O) groups is 2. The summed E-state index contributed by atoms with van der Waals surface area (Å²) in [5.74, 6) is 0.428. The Bertz CT molecular complexity index is 1100. The smallest absolute Gasteiger partial charge is 0.235 e. The van der Waals surface area contributed by atoms with E-state index in [-0.39, 0.29) is 30.2 Å². The number of benzene rings is 2. The van der Waals surface area contributed by atoms with E-state index in [1.165, 1.54) is 32.1 Å². The molecular weight excluding hydrogens is 422 g/mol. The topological polar surface area (TPSA) is 52.7 Å². The molecule has 0 saturated carbocycles. The van der Waals surface area contributed by atoms with Gasteiger partial charge >= 0.3 is 0 Å². The maximum Gasteiger partial charge on any atom is 0.235 e. The largest absolute Gasteiger partial charge is 0.359 e. The summed E-state index contributed by atoms with van der Waals surface area (Å²) in [6, 6.07) is 15.8. The molecule has 3 atom stereocenters. The Morgan fingerprint density at radius 1 is 0.971 bits per heavy atom. The summed E-state index contributed by atoms with van der Waals surface area (Å²) in [7, 11) is 1.64. The SMILES string of the molecule is CNC(=O)CC1C(=O)N(C2CCN(C3CCC4CCCc5cccc3c54)CC2)c2ccccc21. The summed E-state index contributed by atoms with van der Waals surface area (Å²) in [5, 5.41) is 2.69. The van der Waals surface area contributed by atoms with Crippen LogP contribution in [0.5, 0.6) is 0 Å². The first-order chi connectivity index (χ1) is 16.7. The molecular formula is C29H35N3O2. The van der Waals surface area contributed by atoms with Crippen molar-refractivity contribution in [1.29, 1.82) is 0 Å². The highest BCUT2D eigenvalue weighted by atomic mass is 16.2. The van der Waals surface area contributed by atoms with E-state index in [0.29, 0.717) is 6.04 Å². The van der Waals surface area contributed by atoms with E-state index in [4.69, 9.17) is 0 Å². The van der Waals surface area contributed by atoms with Gasteiger partial charge in [0, 0.05) is 44.3 Å². The van der Waals surface area contributed by atoms with Crippen molar-refractivity contribution in [2.24, 2.45) is 0 Å². The van der Waals surface area contributed by atoms with Crippen LogP contribution < -0.4 is 10.2 Å². The van der Waals surface area contributed by atoms with Crippen LogP contribution in [0.4, 0.5) is 5.69 Å². The zero-order valence-electron chi connectivity index (χ0n) is 20.1. The number of nitrogens with one attached hydrogen (secondary N) is 1. The molecule has 2 aliphatic carbocycles. The molecule has 5 heteroatoms. The highest BCUT2D eigenvalue weighted by Crippen LogP contribution is 2.48. The molecule has 34 heavy (non-hydrogen) atoms. The second-order valence-corrected chi connectivity index (χ2v) is 10.6. The van der Waals surface area contributed by atoms with E-state index >= 15 is 0 Å². The molecule has 0 bridgehead atoms. The predicted octanol–water partition coefficient (Wildman–Crippen LogP) is 4.67. The van der Waals surface area contributed by atoms with E-state index in [2.05, 4.69) is 34.5 Å². The minimum atomic E-state index is -0.361. The molecule has 4 aliphatic rings. The van der Waals surface area contributed by atoms with Crippen molar-refractivity contribution in [3.8, 4) is 0 Å². The third-order valence-electron chi connectivity index (χ3n) is 8.87. The molecule has 1 N–H and O–H groups in total. The molecule has 0 spiro atoms. The van der Waals surface area contributed by atoms with Crippen LogP contribution in [-0.2, 0) is 16.0 Å². The maximum atomic E-state index is 13.5. The molecule has 2 aromatic carbocycles. The Balaban J connectivity index is 1.20. The molecule has 1 fully saturated rings. The number of carbonyl (C=O) groups excluding carboxylic acids is 2. The van der Waals surface area contributed by atoms with Crippen LogP contribution in [0.25, 0.3) is 0 Å². The monoisotopic (exact) mass is 457 g/mol. The van der Waals surface area contributed by atoms with Crippen molar-refractivity contribution in [2.45, 2.75) is 75.3 Å². The number of anilines is 1. The van der Waals surface area contributed by atoms with Crippen molar-refractivity contribution in [3.05, 3.63) is 64.7 Å². The highest BCUT2D eigenvalue weighted by Gasteiger charge is 2.43. The quantitative estimate of drug-likeness (QED) is 0.726. The molecule has 2 aromatic rings. The fourth-order valence-corrected chi connectivity index (χ4v) is 7.24. The molecule has 1 saturated heterocycles. The van der Waals surface area contributed by atoms with Crippen LogP contribution in [0.2, 0.25) is 0 Å². The van der Waals surface area contributed by atoms with Crippen molar-refractivity contribution >= 4 is 17.5 Å². The van der Waals surface area contributed by atoms with Gasteiger partial charge in [0.2, 0.25) is 11.8 Å². The number of aryl methyl sites for hydroxylation is 1. The first kappa shape index (κ1) is 21.8. The summed E-state index contributed by atoms with van der Waals surface area (Å²) in [6.45, 7) is 2.05. The summed E-state index contributed by atoms with van der Waals surface area (Å²) >= 11 is 0. The van der Waals surface area contributed by atoms with Gasteiger partial charge in [0.1, 0.15) is 0 Å². The van der Waals surface area contributed by atoms with Gasteiger partial charge in [-0.2, -0.15) is 0 Å². The molecule has 3 unspecified atom stereocenters. The van der Waals surface area contributed by atoms with E-state index in [9.17, 15) is 9.59 Å². The first-order valence-electron chi connectivity index (χ1n) is 13.1. The Morgan fingerprint density at radius 2 is 1.76 bits per heavy atom. The number of hydrogen-bond acceptors (Lipinski definition) is 3. The Morgan fingerprint density at radius 3 is 2.59 bits per heavy atom. The summed E-state index contributed by atoms with van der Waals surface area (Å²) in [4.78, 5) is 30.3. The summed E-state index contributed by atoms with van der Waals surface area (Å²) in [5.41, 5.74) is 6.87. The number of fused-ring (bicyclic) bond motifs is 1. The van der Waals surface area contributed by atoms with E-state index < -0.39 is 0 Å². The molecule has 0 radical (unpaired) electrons. The van der Waals surface area contributed by atoms with E-state index in [1.807, 2.05) is 23.1 Å². The number of hydrogen-bond donors (Lipinski definition) is 1. The Labute approximate surface area is 202 Å². The molecule has 2 aliphatic heterocycles. The molecule has 2 heterocycles. The van der Waals surface area contributed by atoms with E-state index in [0.717, 1.165) is 43.1 Å². The van der Waals surface area contributed by atoms with Crippen LogP contribution in [-0.4, -0.2) is 42.9 Å². The lowest BCUT2D eigenvalue weighted by Gasteiger charge is -2.45. The van der Waals surface area contributed by atoms with Crippen molar-refractivity contribution in [2.75, 3.05) is 25.0 Å². The second-order valence-electron chi connectivity index (χ2n) is 10.6. The van der Waals surface area contributed by atoms with Gasteiger partial charge in [0.05, 0.1) is 5.92 Å². The lowest BCUT2D eigenvalue weighted by molar-refractivity contribution is -0.126. The lowest BCUT2D eigenvalue weighted by Crippen LogP contribution is -2.48. The van der Waals surface area contributed by atoms with Crippen LogP contribution in [0.3, 0.4) is 0 Å². The van der Waals surface area contributed by atoms with Crippen LogP contribution in [0.15, 0.2) is 42.5 Å². The van der Waals surface area contributed by atoms with Gasteiger partial charge in [-0.3, -0.25) is 14.5 Å². The third-order valence-corrected chi connectivity index (χ3v) is 8.87. The van der Waals surface area contributed by atoms with Gasteiger partial charge in [-0.15, -0.1) is 0 Å². The number of nitrogens with zero attached hydrogens (tertiary/aromatic N) is 2. The number of para-hydroxylation sites is 1. The molecule has 6 rings (SSSR count). The number of piperidine rings is 1. The van der Waals surface area contributed by atoms with Gasteiger partial charge in [-0.05, 0) is 79.2 Å². The fourth-order valence-electron chi connectivity index (χ4n) is 7.24. The van der Waals surface area contributed by atoms with Gasteiger partial charge in [-0.1, -0.05) is 36.4 Å². The van der Waals surface area contributed by atoms with Crippen molar-refractivity contribution in [3.63, 3.8) is 0 Å². The van der Waals surface area contributed by atoms with Gasteiger partial charge < -0.3 is 10.2 Å². The molecule has 178 valence electrons. The van der Waals surface area contributed by atoms with Gasteiger partial charge in [0.25, 0.3) is 0 Å². The number of rotatable bonds is 4. The summed E-state index contributed by atoms with van der Waals surface area (Å²) in [6.07, 6.45) is 8.70. The van der Waals surface area contributed by atoms with Gasteiger partial charge in [-0.25, -0.2) is 0 Å². The van der Waals surface area contributed by atoms with E-state index in [1.54, 1.807) is 23.7 Å². The molecule has 0 aromatic heterocycles. The van der Waals surface area contributed by atoms with Crippen molar-refractivity contribution < 1.29 is 9.59 Å². The Kier molecular flexibility index (Phi) is 5.68. The van der Waals surface area contributed by atoms with Crippen LogP contribution in [0, 0.1) is 0 Å². The van der Waals surface area contributed by atoms with Crippen LogP contribution in [0.1, 0.15) is 85.1 Å². The summed E-state index contributed by atoms with van der Waals surface area (Å²) < 4.78 is 0. The molecule has 5 nitrogen and oxygen atoms in total. The fraction of sp³-hybridized carbons (Fsp3) is 0.517. The third kappa shape index (κ3) is 3.56. The normalized spacial score (nSPS) is 26.8. The first-order valence-corrected chi connectivity index (χ1v) is 13.1. The zero-order chi connectivity index (χ0) is 23.2. The Hall–Kier alpha value is -2.66. The average Bonchev–Trinajstić information content (AvgIpc) is 3.16. The minimum Gasteiger partial charge on any atom is -0.359 e. The maximum absolute atomic E-state index is 13.5. The predicted molar refractivity (Wildman–Crippen MR) is 134 cm³/mol. The van der Waals surface area contributed by atoms with Gasteiger partial charge in [0.15, 0.2) is 0 Å². The zero-order valence-corrected chi connectivity index (χ0v) is 20.1. The van der Waals surface area contributed by atoms with Crippen LogP contribution >= 0.6 is 0 Å². The average molecular weight is 458 g/mol. The second kappa shape index (κ2) is 8.84. The number of likely N-dealkylation sites (tertiary alicyclic amines) is 1. The molecule has 2 amide bonds. The van der Waals surface area contributed by atoms with Crippen molar-refractivity contribution in [1.82, 2.24) is 10.2 Å². The lowest BCUT2D eigenvalue weighted by atomic mass is 9.71. The number of amides is 2. The highest BCUT2D eigenvalue weighted by molar-refractivity contribution is 6.07.